The van der Waals surface area contributed by atoms with Crippen molar-refractivity contribution in [3.8, 4) is 0 Å². The third kappa shape index (κ3) is 3.30. The molecular weight excluding hydrogens is 426 g/mol. The molecule has 6 rings (SSSR count). The smallest absolute Gasteiger partial charge is 0.275 e. The summed E-state index contributed by atoms with van der Waals surface area (Å²) in [6.07, 6.45) is 1.71. The Kier molecular flexibility index (Phi) is 4.77. The average molecular weight is 454 g/mol. The van der Waals surface area contributed by atoms with Gasteiger partial charge in [-0.1, -0.05) is 18.2 Å². The summed E-state index contributed by atoms with van der Waals surface area (Å²) >= 11 is 0. The van der Waals surface area contributed by atoms with Gasteiger partial charge in [-0.05, 0) is 49.9 Å². The summed E-state index contributed by atoms with van der Waals surface area (Å²) in [5.74, 6) is 0.497. The van der Waals surface area contributed by atoms with Crippen LogP contribution >= 0.6 is 0 Å². The number of para-hydroxylation sites is 1. The summed E-state index contributed by atoms with van der Waals surface area (Å²) in [4.78, 5) is 27.1. The second kappa shape index (κ2) is 7.85. The van der Waals surface area contributed by atoms with Gasteiger partial charge in [0.05, 0.1) is 11.7 Å². The standard InChI is InChI=1S/C26H27N7O/c1-17-14-19(8-9-20(17)32-12-10-30(2)11-13-32)28-26-27-16-23-24(29-26)33-21-7-5-4-6-18(21)15-22(33)25(34)31(23)3/h4-9,14-16H,10-13H2,1-3H3,(H,27,28,29). The fourth-order valence-corrected chi connectivity index (χ4v) is 4.91. The molecule has 8 heteroatoms. The van der Waals surface area contributed by atoms with Crippen LogP contribution in [0, 0.1) is 6.92 Å². The number of nitrogens with zero attached hydrogens (tertiary/aromatic N) is 6. The Balaban J connectivity index is 1.40. The Labute approximate surface area is 197 Å². The zero-order valence-corrected chi connectivity index (χ0v) is 19.6. The lowest BCUT2D eigenvalue weighted by Gasteiger charge is -2.35. The number of aryl methyl sites for hydroxylation is 2. The topological polar surface area (TPSA) is 70.7 Å². The first kappa shape index (κ1) is 20.7. The molecule has 3 aromatic heterocycles. The lowest BCUT2D eigenvalue weighted by molar-refractivity contribution is 0.312. The highest BCUT2D eigenvalue weighted by Gasteiger charge is 2.17. The maximum absolute atomic E-state index is 13.0. The molecule has 0 saturated carbocycles. The van der Waals surface area contributed by atoms with Gasteiger partial charge in [0.25, 0.3) is 5.56 Å². The van der Waals surface area contributed by atoms with E-state index in [0.29, 0.717) is 22.6 Å². The van der Waals surface area contributed by atoms with Gasteiger partial charge in [-0.2, -0.15) is 4.98 Å². The zero-order valence-electron chi connectivity index (χ0n) is 19.6. The van der Waals surface area contributed by atoms with Crippen LogP contribution in [0.3, 0.4) is 0 Å². The summed E-state index contributed by atoms with van der Waals surface area (Å²) in [6.45, 7) is 6.38. The molecule has 1 aliphatic rings. The fourth-order valence-electron chi connectivity index (χ4n) is 4.91. The number of likely N-dealkylation sites (N-methyl/N-ethyl adjacent to an activating group) is 1. The Hall–Kier alpha value is -3.91. The van der Waals surface area contributed by atoms with Crippen LogP contribution in [0.2, 0.25) is 0 Å². The van der Waals surface area contributed by atoms with E-state index in [0.717, 1.165) is 42.8 Å². The first-order chi connectivity index (χ1) is 16.5. The Bertz CT molecular complexity index is 1610. The molecule has 0 atom stereocenters. The van der Waals surface area contributed by atoms with Crippen molar-refractivity contribution in [3.05, 3.63) is 70.6 Å². The van der Waals surface area contributed by atoms with Gasteiger partial charge in [0.2, 0.25) is 5.95 Å². The second-order valence-electron chi connectivity index (χ2n) is 9.11. The molecule has 4 heterocycles. The van der Waals surface area contributed by atoms with Crippen LogP contribution in [0.25, 0.3) is 27.6 Å². The minimum Gasteiger partial charge on any atom is -0.369 e. The summed E-state index contributed by atoms with van der Waals surface area (Å²) < 4.78 is 3.55. The van der Waals surface area contributed by atoms with Crippen molar-refractivity contribution in [3.63, 3.8) is 0 Å². The highest BCUT2D eigenvalue weighted by molar-refractivity contribution is 5.92. The number of rotatable bonds is 3. The summed E-state index contributed by atoms with van der Waals surface area (Å²) in [5, 5.41) is 4.37. The van der Waals surface area contributed by atoms with Crippen molar-refractivity contribution in [2.45, 2.75) is 6.92 Å². The highest BCUT2D eigenvalue weighted by Crippen LogP contribution is 2.27. The number of aromatic nitrogens is 4. The normalized spacial score (nSPS) is 15.0. The Morgan fingerprint density at radius 3 is 2.50 bits per heavy atom. The van der Waals surface area contributed by atoms with E-state index < -0.39 is 0 Å². The van der Waals surface area contributed by atoms with Crippen molar-refractivity contribution in [1.29, 1.82) is 0 Å². The lowest BCUT2D eigenvalue weighted by Crippen LogP contribution is -2.44. The van der Waals surface area contributed by atoms with Crippen LogP contribution < -0.4 is 15.8 Å². The molecule has 0 bridgehead atoms. The number of anilines is 3. The molecule has 0 radical (unpaired) electrons. The third-order valence-corrected chi connectivity index (χ3v) is 6.85. The van der Waals surface area contributed by atoms with E-state index in [2.05, 4.69) is 52.3 Å². The number of fused-ring (bicyclic) bond motifs is 5. The van der Waals surface area contributed by atoms with Gasteiger partial charge < -0.3 is 19.7 Å². The van der Waals surface area contributed by atoms with E-state index in [1.165, 1.54) is 11.3 Å². The van der Waals surface area contributed by atoms with Gasteiger partial charge in [0.15, 0.2) is 5.65 Å². The van der Waals surface area contributed by atoms with Crippen molar-refractivity contribution in [2.24, 2.45) is 7.05 Å². The van der Waals surface area contributed by atoms with Gasteiger partial charge in [-0.15, -0.1) is 0 Å². The molecule has 0 spiro atoms. The quantitative estimate of drug-likeness (QED) is 0.451. The molecule has 1 saturated heterocycles. The molecule has 0 unspecified atom stereocenters. The molecule has 34 heavy (non-hydrogen) atoms. The third-order valence-electron chi connectivity index (χ3n) is 6.85. The number of nitrogens with one attached hydrogen (secondary N) is 1. The number of hydrogen-bond donors (Lipinski definition) is 1. The van der Waals surface area contributed by atoms with Gasteiger partial charge in [-0.3, -0.25) is 9.20 Å². The molecule has 0 aliphatic carbocycles. The maximum atomic E-state index is 13.0. The highest BCUT2D eigenvalue weighted by atomic mass is 16.1. The SMILES string of the molecule is Cc1cc(Nc2ncc3c(n2)n2c(cc4ccccc42)c(=O)n3C)ccc1N1CCN(C)CC1. The molecular formula is C26H27N7O. The predicted octanol–water partition coefficient (Wildman–Crippen LogP) is 3.54. The van der Waals surface area contributed by atoms with E-state index >= 15 is 0 Å². The molecule has 1 aliphatic heterocycles. The molecule has 172 valence electrons. The zero-order chi connectivity index (χ0) is 23.4. The molecule has 5 aromatic rings. The van der Waals surface area contributed by atoms with Gasteiger partial charge >= 0.3 is 0 Å². The van der Waals surface area contributed by atoms with Crippen LogP contribution in [0.4, 0.5) is 17.3 Å². The maximum Gasteiger partial charge on any atom is 0.275 e. The first-order valence-electron chi connectivity index (χ1n) is 11.6. The van der Waals surface area contributed by atoms with Crippen LogP contribution in [0.15, 0.2) is 59.5 Å². The van der Waals surface area contributed by atoms with E-state index in [-0.39, 0.29) is 5.56 Å². The summed E-state index contributed by atoms with van der Waals surface area (Å²) in [5.41, 5.74) is 6.31. The van der Waals surface area contributed by atoms with Crippen LogP contribution in [-0.4, -0.2) is 57.1 Å². The monoisotopic (exact) mass is 453 g/mol. The fraction of sp³-hybridized carbons (Fsp3) is 0.269. The van der Waals surface area contributed by atoms with Gasteiger partial charge in [-0.25, -0.2) is 4.98 Å². The van der Waals surface area contributed by atoms with Crippen LogP contribution in [0.5, 0.6) is 0 Å². The molecule has 2 aromatic carbocycles. The summed E-state index contributed by atoms with van der Waals surface area (Å²) in [6, 6.07) is 16.3. The molecule has 0 amide bonds. The van der Waals surface area contributed by atoms with E-state index in [4.69, 9.17) is 4.98 Å². The van der Waals surface area contributed by atoms with Gasteiger partial charge in [0, 0.05) is 50.0 Å². The van der Waals surface area contributed by atoms with Crippen LogP contribution in [0.1, 0.15) is 5.56 Å². The van der Waals surface area contributed by atoms with Crippen molar-refractivity contribution >= 4 is 44.9 Å². The molecule has 8 nitrogen and oxygen atoms in total. The van der Waals surface area contributed by atoms with E-state index in [9.17, 15) is 4.79 Å². The molecule has 1 fully saturated rings. The first-order valence-corrected chi connectivity index (χ1v) is 11.6. The van der Waals surface area contributed by atoms with Crippen molar-refractivity contribution in [2.75, 3.05) is 43.4 Å². The van der Waals surface area contributed by atoms with E-state index in [1.54, 1.807) is 17.8 Å². The minimum absolute atomic E-state index is 0.0665. The minimum atomic E-state index is -0.0665. The second-order valence-corrected chi connectivity index (χ2v) is 9.11. The molecule has 1 N–H and O–H groups in total. The van der Waals surface area contributed by atoms with Crippen molar-refractivity contribution in [1.82, 2.24) is 23.8 Å². The predicted molar refractivity (Wildman–Crippen MR) is 137 cm³/mol. The van der Waals surface area contributed by atoms with Crippen LogP contribution in [-0.2, 0) is 7.05 Å². The average Bonchev–Trinajstić information content (AvgIpc) is 3.23. The number of benzene rings is 2. The van der Waals surface area contributed by atoms with Gasteiger partial charge in [0.1, 0.15) is 11.0 Å². The van der Waals surface area contributed by atoms with Crippen molar-refractivity contribution < 1.29 is 0 Å². The largest absolute Gasteiger partial charge is 0.369 e. The van der Waals surface area contributed by atoms with E-state index in [1.807, 2.05) is 34.7 Å². The number of piperazine rings is 1. The Morgan fingerprint density at radius 1 is 0.912 bits per heavy atom. The summed E-state index contributed by atoms with van der Waals surface area (Å²) in [7, 11) is 3.93. The number of hydrogen-bond acceptors (Lipinski definition) is 6. The Morgan fingerprint density at radius 2 is 1.71 bits per heavy atom. The lowest BCUT2D eigenvalue weighted by atomic mass is 10.1.